The molecular weight excluding hydrogens is 764 g/mol. The molecule has 2 N–H and O–H groups in total. The number of carboxylic acids is 1. The Morgan fingerprint density at radius 3 is 2.24 bits per heavy atom. The Kier molecular flexibility index (Phi) is 12.7. The molecule has 0 bridgehead atoms. The number of allylic oxidation sites excluding steroid dienone is 1. The zero-order valence-electron chi connectivity index (χ0n) is 34.0. The third-order valence-corrected chi connectivity index (χ3v) is 17.2. The lowest BCUT2D eigenvalue weighted by atomic mass is 9.69. The monoisotopic (exact) mass is 816 g/mol. The predicted molar refractivity (Wildman–Crippen MR) is 228 cm³/mol. The first-order valence-corrected chi connectivity index (χ1v) is 22.6. The molecule has 308 valence electrons. The number of imide groups is 1. The van der Waals surface area contributed by atoms with Gasteiger partial charge in [-0.1, -0.05) is 100.0 Å². The van der Waals surface area contributed by atoms with E-state index in [0.29, 0.717) is 50.7 Å². The van der Waals surface area contributed by atoms with Gasteiger partial charge in [0, 0.05) is 25.1 Å². The Balaban J connectivity index is 1.24. The van der Waals surface area contributed by atoms with Crippen LogP contribution in [-0.4, -0.2) is 72.1 Å². The maximum atomic E-state index is 14.5. The first-order valence-electron chi connectivity index (χ1n) is 20.6. The fourth-order valence-corrected chi connectivity index (χ4v) is 14.0. The van der Waals surface area contributed by atoms with Gasteiger partial charge in [-0.3, -0.25) is 24.3 Å². The largest absolute Gasteiger partial charge is 0.505 e. The number of benzene rings is 3. The van der Waals surface area contributed by atoms with E-state index < -0.39 is 37.7 Å². The molecule has 0 radical (unpaired) electrons. The fourth-order valence-electron chi connectivity index (χ4n) is 9.50. The highest BCUT2D eigenvalue weighted by atomic mass is 28.4. The number of likely N-dealkylation sites (tertiary alicyclic amines) is 1. The molecule has 3 aromatic carbocycles. The van der Waals surface area contributed by atoms with E-state index in [1.165, 1.54) is 17.0 Å². The number of ether oxygens (including phenoxy) is 1. The zero-order valence-corrected chi connectivity index (χ0v) is 35.0. The Labute approximate surface area is 346 Å². The number of fused-ring (bicyclic) bond motifs is 3. The van der Waals surface area contributed by atoms with Crippen LogP contribution in [0.15, 0.2) is 114 Å². The summed E-state index contributed by atoms with van der Waals surface area (Å²) in [5, 5.41) is 20.9. The van der Waals surface area contributed by atoms with Crippen LogP contribution < -0.4 is 10.4 Å². The van der Waals surface area contributed by atoms with Crippen LogP contribution in [0.1, 0.15) is 77.0 Å². The molecule has 2 aliphatic heterocycles. The maximum absolute atomic E-state index is 14.5. The van der Waals surface area contributed by atoms with Crippen molar-refractivity contribution in [3.8, 4) is 5.75 Å². The average molecular weight is 817 g/mol. The van der Waals surface area contributed by atoms with E-state index in [4.69, 9.17) is 14.3 Å². The predicted octanol–water partition coefficient (Wildman–Crippen LogP) is 7.79. The second-order valence-electron chi connectivity index (χ2n) is 16.9. The Morgan fingerprint density at radius 2 is 1.61 bits per heavy atom. The second kappa shape index (κ2) is 17.9. The molecule has 2 fully saturated rings. The molecule has 0 saturated carbocycles. The molecule has 11 heteroatoms. The van der Waals surface area contributed by atoms with Gasteiger partial charge in [-0.2, -0.15) is 0 Å². The van der Waals surface area contributed by atoms with Crippen LogP contribution in [0.3, 0.4) is 0 Å². The van der Waals surface area contributed by atoms with E-state index in [-0.39, 0.29) is 48.4 Å². The number of hydrogen-bond donors (Lipinski definition) is 2. The van der Waals surface area contributed by atoms with Gasteiger partial charge in [-0.05, 0) is 100 Å². The highest BCUT2D eigenvalue weighted by molar-refractivity contribution is 6.99. The number of pyridine rings is 1. The van der Waals surface area contributed by atoms with Gasteiger partial charge in [0.2, 0.25) is 11.8 Å². The molecule has 0 spiro atoms. The molecule has 3 aliphatic rings. The second-order valence-corrected chi connectivity index (χ2v) is 21.2. The van der Waals surface area contributed by atoms with Gasteiger partial charge < -0.3 is 19.4 Å². The van der Waals surface area contributed by atoms with Crippen molar-refractivity contribution in [2.24, 2.45) is 17.8 Å². The number of rotatable bonds is 16. The van der Waals surface area contributed by atoms with Gasteiger partial charge in [0.05, 0.1) is 36.8 Å². The SMILES string of the molecule is CC(C)(C)[Si](OCC1=C2[C@@H](CC/C(=C/c3ccc(O)c(F)c3)c3ccccn3)OC[C@@H]2[C@@H]2C(=O)N(CCCCCC(=O)O)C(=O)[C@@H]2C1)(c1ccccc1)c1ccccc1. The topological polar surface area (TPSA) is 126 Å². The summed E-state index contributed by atoms with van der Waals surface area (Å²) in [5.41, 5.74) is 4.22. The van der Waals surface area contributed by atoms with Crippen molar-refractivity contribution < 1.29 is 38.1 Å². The van der Waals surface area contributed by atoms with Crippen molar-refractivity contribution in [3.63, 3.8) is 0 Å². The number of aliphatic carboxylic acids is 1. The first kappa shape index (κ1) is 41.9. The van der Waals surface area contributed by atoms with Crippen LogP contribution in [0.5, 0.6) is 5.75 Å². The number of halogens is 1. The minimum Gasteiger partial charge on any atom is -0.505 e. The average Bonchev–Trinajstić information content (AvgIpc) is 3.75. The number of unbranched alkanes of at least 4 members (excludes halogenated alkanes) is 2. The van der Waals surface area contributed by atoms with E-state index in [0.717, 1.165) is 32.8 Å². The Bertz CT molecular complexity index is 2170. The Hall–Kier alpha value is -5.23. The van der Waals surface area contributed by atoms with Crippen LogP contribution >= 0.6 is 0 Å². The van der Waals surface area contributed by atoms with E-state index in [1.807, 2.05) is 36.4 Å². The van der Waals surface area contributed by atoms with Crippen LogP contribution in [0, 0.1) is 23.6 Å². The third kappa shape index (κ3) is 8.74. The van der Waals surface area contributed by atoms with Crippen molar-refractivity contribution in [1.82, 2.24) is 9.88 Å². The summed E-state index contributed by atoms with van der Waals surface area (Å²) in [4.78, 5) is 45.5. The molecule has 0 unspecified atom stereocenters. The lowest BCUT2D eigenvalue weighted by Gasteiger charge is -2.44. The first-order chi connectivity index (χ1) is 28.4. The number of carbonyl (C=O) groups excluding carboxylic acids is 2. The van der Waals surface area contributed by atoms with Crippen molar-refractivity contribution in [2.75, 3.05) is 19.8 Å². The van der Waals surface area contributed by atoms with Gasteiger partial charge in [0.1, 0.15) is 0 Å². The molecule has 7 rings (SSSR count). The lowest BCUT2D eigenvalue weighted by Crippen LogP contribution is -2.66. The molecule has 59 heavy (non-hydrogen) atoms. The van der Waals surface area contributed by atoms with Gasteiger partial charge in [-0.15, -0.1) is 0 Å². The number of nitrogens with zero attached hydrogens (tertiary/aromatic N) is 2. The quantitative estimate of drug-likeness (QED) is 0.0509. The van der Waals surface area contributed by atoms with Crippen LogP contribution in [0.4, 0.5) is 4.39 Å². The van der Waals surface area contributed by atoms with Crippen molar-refractivity contribution in [2.45, 2.75) is 76.9 Å². The van der Waals surface area contributed by atoms with E-state index >= 15 is 0 Å². The van der Waals surface area contributed by atoms with Crippen LogP contribution in [-0.2, 0) is 23.5 Å². The number of aromatic hydroxyl groups is 1. The number of carbonyl (C=O) groups is 3. The summed E-state index contributed by atoms with van der Waals surface area (Å²) in [6.07, 6.45) is 6.37. The minimum absolute atomic E-state index is 0.0545. The molecule has 4 atom stereocenters. The van der Waals surface area contributed by atoms with Crippen molar-refractivity contribution in [1.29, 1.82) is 0 Å². The number of carboxylic acid groups (broad SMARTS) is 1. The third-order valence-electron chi connectivity index (χ3n) is 12.2. The summed E-state index contributed by atoms with van der Waals surface area (Å²) in [7, 11) is -2.99. The summed E-state index contributed by atoms with van der Waals surface area (Å²) in [6.45, 7) is 7.53. The summed E-state index contributed by atoms with van der Waals surface area (Å²) < 4.78 is 28.6. The van der Waals surface area contributed by atoms with Gasteiger partial charge >= 0.3 is 5.97 Å². The molecule has 3 heterocycles. The summed E-state index contributed by atoms with van der Waals surface area (Å²) >= 11 is 0. The highest BCUT2D eigenvalue weighted by Crippen LogP contribution is 2.51. The maximum Gasteiger partial charge on any atom is 0.303 e. The molecule has 2 saturated heterocycles. The lowest BCUT2D eigenvalue weighted by molar-refractivity contribution is -0.141. The van der Waals surface area contributed by atoms with Crippen molar-refractivity contribution in [3.05, 3.63) is 131 Å². The Morgan fingerprint density at radius 1 is 0.915 bits per heavy atom. The zero-order chi connectivity index (χ0) is 41.7. The number of aromatic nitrogens is 1. The van der Waals surface area contributed by atoms with Crippen LogP contribution in [0.25, 0.3) is 11.6 Å². The minimum atomic E-state index is -2.99. The van der Waals surface area contributed by atoms with Crippen molar-refractivity contribution >= 4 is 48.1 Å². The van der Waals surface area contributed by atoms with Gasteiger partial charge in [0.15, 0.2) is 11.6 Å². The summed E-state index contributed by atoms with van der Waals surface area (Å²) in [5.74, 6) is -3.74. The van der Waals surface area contributed by atoms with Gasteiger partial charge in [0.25, 0.3) is 8.32 Å². The number of amides is 2. The molecule has 1 aromatic heterocycles. The smallest absolute Gasteiger partial charge is 0.303 e. The normalized spacial score (nSPS) is 20.9. The van der Waals surface area contributed by atoms with E-state index in [2.05, 4.69) is 74.3 Å². The molecular formula is C48H53FN2O7Si. The standard InChI is InChI=1S/C48H53FN2O7Si/c1-48(2,3)59(35-15-7-4-8-16-35,36-17-9-5-10-18-36)58-30-34-29-37-45(47(56)51(46(37)55)26-14-6-11-20-43(53)54)38-31-57-42(44(34)38)24-22-33(40-19-12-13-25-50-40)27-32-21-23-41(52)39(49)28-32/h4-5,7-10,12-13,15-19,21,23,25,27-28,37-38,42,45,52H,6,11,14,20,22,24,26,29-31H2,1-3H3,(H,53,54)/b33-27-/t37-,38+,42-,45-/m1/s1. The molecule has 4 aromatic rings. The van der Waals surface area contributed by atoms with Crippen LogP contribution in [0.2, 0.25) is 5.04 Å². The molecule has 1 aliphatic carbocycles. The van der Waals surface area contributed by atoms with E-state index in [9.17, 15) is 23.9 Å². The fraction of sp³-hybridized carbons (Fsp3) is 0.375. The summed E-state index contributed by atoms with van der Waals surface area (Å²) in [6, 6.07) is 30.8. The molecule has 9 nitrogen and oxygen atoms in total. The number of hydrogen-bond acceptors (Lipinski definition) is 7. The van der Waals surface area contributed by atoms with E-state index in [1.54, 1.807) is 12.3 Å². The highest BCUT2D eigenvalue weighted by Gasteiger charge is 2.57. The molecule has 2 amide bonds. The number of phenols is 1. The van der Waals surface area contributed by atoms with Gasteiger partial charge in [-0.25, -0.2) is 4.39 Å². The number of phenolic OH excluding ortho intramolecular Hbond substituents is 1.